The van der Waals surface area contributed by atoms with E-state index in [4.69, 9.17) is 5.73 Å². The molecule has 1 aromatic heterocycles. The summed E-state index contributed by atoms with van der Waals surface area (Å²) in [6, 6.07) is 9.80. The Hall–Kier alpha value is -1.95. The molecule has 1 saturated carbocycles. The lowest BCUT2D eigenvalue weighted by Gasteiger charge is -2.15. The van der Waals surface area contributed by atoms with Gasteiger partial charge in [-0.05, 0) is 35.4 Å². The third-order valence-corrected chi connectivity index (χ3v) is 3.09. The molecule has 1 fully saturated rings. The summed E-state index contributed by atoms with van der Waals surface area (Å²) in [6.45, 7) is 0.606. The molecule has 2 aromatic rings. The molecule has 1 aliphatic rings. The van der Waals surface area contributed by atoms with Crippen LogP contribution in [0.2, 0.25) is 0 Å². The van der Waals surface area contributed by atoms with Gasteiger partial charge in [0, 0.05) is 6.54 Å². The first-order valence-corrected chi connectivity index (χ1v) is 5.65. The molecular weight excluding hydrogens is 216 g/mol. The maximum Gasteiger partial charge on any atom is 0.248 e. The summed E-state index contributed by atoms with van der Waals surface area (Å²) in [4.78, 5) is 0. The minimum atomic E-state index is 0.00123. The van der Waals surface area contributed by atoms with Crippen LogP contribution in [0.3, 0.4) is 0 Å². The van der Waals surface area contributed by atoms with E-state index in [1.165, 1.54) is 0 Å². The van der Waals surface area contributed by atoms with Gasteiger partial charge in [-0.1, -0.05) is 23.3 Å². The fraction of sp³-hybridized carbons (Fsp3) is 0.364. The highest BCUT2D eigenvalue weighted by Crippen LogP contribution is 2.37. The Bertz CT molecular complexity index is 502. The summed E-state index contributed by atoms with van der Waals surface area (Å²) in [7, 11) is 0. The van der Waals surface area contributed by atoms with Gasteiger partial charge < -0.3 is 11.1 Å². The number of aromatic nitrogens is 4. The summed E-state index contributed by atoms with van der Waals surface area (Å²) >= 11 is 0. The zero-order valence-corrected chi connectivity index (χ0v) is 9.37. The van der Waals surface area contributed by atoms with Crippen LogP contribution < -0.4 is 11.1 Å². The van der Waals surface area contributed by atoms with E-state index < -0.39 is 0 Å². The summed E-state index contributed by atoms with van der Waals surface area (Å²) in [6.07, 6.45) is 2.15. The highest BCUT2D eigenvalue weighted by molar-refractivity contribution is 5.41. The van der Waals surface area contributed by atoms with Crippen molar-refractivity contribution in [2.45, 2.75) is 18.4 Å². The number of hydrogen-bond donors (Lipinski definition) is 2. The number of tetrazole rings is 1. The van der Waals surface area contributed by atoms with E-state index in [1.54, 1.807) is 4.68 Å². The van der Waals surface area contributed by atoms with Gasteiger partial charge in [0.05, 0.1) is 11.2 Å². The van der Waals surface area contributed by atoms with Crippen LogP contribution in [0, 0.1) is 0 Å². The number of anilines is 1. The van der Waals surface area contributed by atoms with Crippen LogP contribution in [-0.4, -0.2) is 32.3 Å². The Labute approximate surface area is 98.8 Å². The van der Waals surface area contributed by atoms with Crippen molar-refractivity contribution in [2.24, 2.45) is 5.73 Å². The van der Waals surface area contributed by atoms with Crippen molar-refractivity contribution in [3.05, 3.63) is 30.3 Å². The number of hydrogen-bond acceptors (Lipinski definition) is 5. The van der Waals surface area contributed by atoms with E-state index in [-0.39, 0.29) is 5.54 Å². The van der Waals surface area contributed by atoms with Gasteiger partial charge in [-0.15, -0.1) is 0 Å². The average molecular weight is 230 g/mol. The van der Waals surface area contributed by atoms with Crippen LogP contribution in [0.4, 0.5) is 5.95 Å². The van der Waals surface area contributed by atoms with Gasteiger partial charge in [-0.3, -0.25) is 0 Å². The first-order chi connectivity index (χ1) is 8.33. The number of nitrogens with two attached hydrogens (primary N) is 1. The normalized spacial score (nSPS) is 16.8. The fourth-order valence-corrected chi connectivity index (χ4v) is 1.78. The van der Waals surface area contributed by atoms with Gasteiger partial charge in [0.2, 0.25) is 5.95 Å². The van der Waals surface area contributed by atoms with E-state index in [9.17, 15) is 0 Å². The summed E-state index contributed by atoms with van der Waals surface area (Å²) < 4.78 is 1.69. The van der Waals surface area contributed by atoms with Crippen molar-refractivity contribution in [1.82, 2.24) is 20.2 Å². The third-order valence-electron chi connectivity index (χ3n) is 3.09. The van der Waals surface area contributed by atoms with Crippen LogP contribution in [0.5, 0.6) is 0 Å². The van der Waals surface area contributed by atoms with Crippen LogP contribution in [0.1, 0.15) is 12.8 Å². The molecule has 6 heteroatoms. The molecule has 0 radical (unpaired) electrons. The second-order valence-corrected chi connectivity index (χ2v) is 4.36. The number of nitrogens with zero attached hydrogens (tertiary/aromatic N) is 4. The lowest BCUT2D eigenvalue weighted by molar-refractivity contribution is 0.718. The number of benzene rings is 1. The topological polar surface area (TPSA) is 81.7 Å². The van der Waals surface area contributed by atoms with Gasteiger partial charge in [0.25, 0.3) is 0 Å². The Balaban J connectivity index is 1.90. The molecule has 3 rings (SSSR count). The van der Waals surface area contributed by atoms with Crippen molar-refractivity contribution in [3.8, 4) is 5.69 Å². The van der Waals surface area contributed by atoms with E-state index in [0.717, 1.165) is 18.5 Å². The quantitative estimate of drug-likeness (QED) is 0.802. The van der Waals surface area contributed by atoms with Gasteiger partial charge in [0.1, 0.15) is 0 Å². The van der Waals surface area contributed by atoms with Gasteiger partial charge in [0.15, 0.2) is 0 Å². The molecule has 0 spiro atoms. The van der Waals surface area contributed by atoms with Gasteiger partial charge in [-0.2, -0.15) is 4.68 Å². The Morgan fingerprint density at radius 1 is 1.29 bits per heavy atom. The van der Waals surface area contributed by atoms with Crippen LogP contribution in [0.15, 0.2) is 30.3 Å². The second kappa shape index (κ2) is 3.81. The third kappa shape index (κ3) is 1.87. The van der Waals surface area contributed by atoms with E-state index in [1.807, 2.05) is 30.3 Å². The number of nitrogens with one attached hydrogen (secondary N) is 1. The Morgan fingerprint density at radius 2 is 2.06 bits per heavy atom. The van der Waals surface area contributed by atoms with Gasteiger partial charge in [-0.25, -0.2) is 0 Å². The molecule has 0 amide bonds. The van der Waals surface area contributed by atoms with Crippen molar-refractivity contribution in [2.75, 3.05) is 11.9 Å². The largest absolute Gasteiger partial charge is 0.346 e. The highest BCUT2D eigenvalue weighted by atomic mass is 15.6. The van der Waals surface area contributed by atoms with E-state index in [0.29, 0.717) is 12.5 Å². The summed E-state index contributed by atoms with van der Waals surface area (Å²) in [5, 5.41) is 15.0. The van der Waals surface area contributed by atoms with Crippen LogP contribution >= 0.6 is 0 Å². The average Bonchev–Trinajstić information content (AvgIpc) is 3.00. The predicted octanol–water partition coefficient (Wildman–Crippen LogP) is 0.565. The minimum Gasteiger partial charge on any atom is -0.346 e. The first kappa shape index (κ1) is 10.2. The van der Waals surface area contributed by atoms with Crippen molar-refractivity contribution in [3.63, 3.8) is 0 Å². The molecule has 1 aromatic carbocycles. The lowest BCUT2D eigenvalue weighted by Crippen LogP contribution is -2.32. The molecule has 0 bridgehead atoms. The zero-order valence-electron chi connectivity index (χ0n) is 9.37. The fourth-order valence-electron chi connectivity index (χ4n) is 1.78. The first-order valence-electron chi connectivity index (χ1n) is 5.65. The predicted molar refractivity (Wildman–Crippen MR) is 63.8 cm³/mol. The Morgan fingerprint density at radius 3 is 2.71 bits per heavy atom. The SMILES string of the molecule is NCC1(Nc2nnnn2-c2ccccc2)CC1. The zero-order chi connectivity index (χ0) is 11.7. The molecule has 88 valence electrons. The monoisotopic (exact) mass is 230 g/mol. The standard InChI is InChI=1S/C11H14N6/c12-8-11(6-7-11)13-10-14-15-16-17(10)9-4-2-1-3-5-9/h1-5H,6-8,12H2,(H,13,14,16). The molecule has 3 N–H and O–H groups in total. The molecule has 0 saturated heterocycles. The molecule has 17 heavy (non-hydrogen) atoms. The van der Waals surface area contributed by atoms with Crippen molar-refractivity contribution >= 4 is 5.95 Å². The van der Waals surface area contributed by atoms with Crippen LogP contribution in [-0.2, 0) is 0 Å². The van der Waals surface area contributed by atoms with Crippen molar-refractivity contribution < 1.29 is 0 Å². The maximum atomic E-state index is 5.73. The number of para-hydroxylation sites is 1. The highest BCUT2D eigenvalue weighted by Gasteiger charge is 2.42. The van der Waals surface area contributed by atoms with Crippen molar-refractivity contribution in [1.29, 1.82) is 0 Å². The maximum absolute atomic E-state index is 5.73. The smallest absolute Gasteiger partial charge is 0.248 e. The van der Waals surface area contributed by atoms with Crippen LogP contribution in [0.25, 0.3) is 5.69 Å². The van der Waals surface area contributed by atoms with Gasteiger partial charge >= 0.3 is 0 Å². The molecule has 6 nitrogen and oxygen atoms in total. The molecular formula is C11H14N6. The van der Waals surface area contributed by atoms with E-state index >= 15 is 0 Å². The summed E-state index contributed by atoms with van der Waals surface area (Å²) in [5.74, 6) is 0.652. The molecule has 1 aliphatic carbocycles. The number of rotatable bonds is 4. The minimum absolute atomic E-state index is 0.00123. The molecule has 0 atom stereocenters. The summed E-state index contributed by atoms with van der Waals surface area (Å²) in [5.41, 5.74) is 6.67. The Kier molecular flexibility index (Phi) is 2.29. The van der Waals surface area contributed by atoms with E-state index in [2.05, 4.69) is 20.8 Å². The molecule has 0 aliphatic heterocycles. The lowest BCUT2D eigenvalue weighted by atomic mass is 10.3. The molecule has 1 heterocycles. The second-order valence-electron chi connectivity index (χ2n) is 4.36. The molecule has 0 unspecified atom stereocenters.